The molecule has 0 aliphatic heterocycles. The van der Waals surface area contributed by atoms with E-state index < -0.39 is 11.5 Å². The van der Waals surface area contributed by atoms with Crippen LogP contribution in [0.25, 0.3) is 0 Å². The summed E-state index contributed by atoms with van der Waals surface area (Å²) in [5.41, 5.74) is 4.69. The SMILES string of the molecule is CCC.CN[C@@H](CCCC(=O)OC(C)(C)C)C(N)=O. The summed E-state index contributed by atoms with van der Waals surface area (Å²) in [6.07, 6.45) is 2.69. The molecule has 0 saturated carbocycles. The van der Waals surface area contributed by atoms with Crippen molar-refractivity contribution in [3.8, 4) is 0 Å². The number of hydrogen-bond donors (Lipinski definition) is 2. The Morgan fingerprint density at radius 2 is 1.74 bits per heavy atom. The number of rotatable bonds is 6. The molecule has 0 aliphatic rings. The molecule has 5 heteroatoms. The van der Waals surface area contributed by atoms with Gasteiger partial charge in [0.15, 0.2) is 0 Å². The highest BCUT2D eigenvalue weighted by molar-refractivity contribution is 5.79. The molecule has 0 bridgehead atoms. The van der Waals surface area contributed by atoms with Crippen molar-refractivity contribution < 1.29 is 14.3 Å². The van der Waals surface area contributed by atoms with Crippen LogP contribution in [-0.4, -0.2) is 30.6 Å². The van der Waals surface area contributed by atoms with E-state index in [0.717, 1.165) is 0 Å². The molecule has 0 fully saturated rings. The van der Waals surface area contributed by atoms with Gasteiger partial charge in [-0.25, -0.2) is 0 Å². The van der Waals surface area contributed by atoms with E-state index in [0.29, 0.717) is 19.3 Å². The van der Waals surface area contributed by atoms with E-state index in [2.05, 4.69) is 19.2 Å². The fourth-order valence-electron chi connectivity index (χ4n) is 1.27. The van der Waals surface area contributed by atoms with Crippen molar-refractivity contribution >= 4 is 11.9 Å². The van der Waals surface area contributed by atoms with Gasteiger partial charge < -0.3 is 15.8 Å². The van der Waals surface area contributed by atoms with Crippen molar-refractivity contribution in [1.29, 1.82) is 0 Å². The van der Waals surface area contributed by atoms with Crippen LogP contribution < -0.4 is 11.1 Å². The summed E-state index contributed by atoms with van der Waals surface area (Å²) in [4.78, 5) is 22.2. The Balaban J connectivity index is 0. The second-order valence-corrected chi connectivity index (χ2v) is 5.43. The Labute approximate surface area is 117 Å². The van der Waals surface area contributed by atoms with Gasteiger partial charge in [0, 0.05) is 6.42 Å². The van der Waals surface area contributed by atoms with Crippen molar-refractivity contribution in [2.45, 2.75) is 71.9 Å². The third-order valence-corrected chi connectivity index (χ3v) is 1.99. The molecule has 0 heterocycles. The highest BCUT2D eigenvalue weighted by Crippen LogP contribution is 2.10. The van der Waals surface area contributed by atoms with Crippen LogP contribution >= 0.6 is 0 Å². The summed E-state index contributed by atoms with van der Waals surface area (Å²) < 4.78 is 5.14. The molecule has 5 nitrogen and oxygen atoms in total. The quantitative estimate of drug-likeness (QED) is 0.726. The second kappa shape index (κ2) is 10.8. The molecular weight excluding hydrogens is 244 g/mol. The Bertz CT molecular complexity index is 260. The van der Waals surface area contributed by atoms with Crippen molar-refractivity contribution in [2.75, 3.05) is 7.05 Å². The third-order valence-electron chi connectivity index (χ3n) is 1.99. The number of ether oxygens (including phenoxy) is 1. The van der Waals surface area contributed by atoms with E-state index in [-0.39, 0.29) is 12.0 Å². The average Bonchev–Trinajstić information content (AvgIpc) is 2.22. The van der Waals surface area contributed by atoms with Gasteiger partial charge in [0.05, 0.1) is 6.04 Å². The predicted molar refractivity (Wildman–Crippen MR) is 77.7 cm³/mol. The Hall–Kier alpha value is -1.10. The first-order valence-electron chi connectivity index (χ1n) is 6.86. The molecule has 0 rings (SSSR count). The van der Waals surface area contributed by atoms with Gasteiger partial charge in [-0.2, -0.15) is 0 Å². The summed E-state index contributed by atoms with van der Waals surface area (Å²) in [5.74, 6) is -0.640. The highest BCUT2D eigenvalue weighted by atomic mass is 16.6. The number of nitrogens with one attached hydrogen (secondary N) is 1. The lowest BCUT2D eigenvalue weighted by atomic mass is 10.1. The zero-order valence-corrected chi connectivity index (χ0v) is 13.2. The van der Waals surface area contributed by atoms with Crippen LogP contribution in [0.3, 0.4) is 0 Å². The molecule has 1 atom stereocenters. The summed E-state index contributed by atoms with van der Waals surface area (Å²) in [6, 6.07) is -0.373. The Kier molecular flexibility index (Phi) is 11.5. The zero-order chi connectivity index (χ0) is 15.5. The lowest BCUT2D eigenvalue weighted by molar-refractivity contribution is -0.155. The number of primary amides is 1. The van der Waals surface area contributed by atoms with Crippen molar-refractivity contribution in [3.63, 3.8) is 0 Å². The number of carbonyl (C=O) groups is 2. The second-order valence-electron chi connectivity index (χ2n) is 5.43. The maximum atomic E-state index is 11.3. The number of likely N-dealkylation sites (N-methyl/N-ethyl adjacent to an activating group) is 1. The maximum Gasteiger partial charge on any atom is 0.306 e. The standard InChI is InChI=1S/C11H22N2O3.C3H8/c1-11(2,3)16-9(14)7-5-6-8(13-4)10(12)15;1-3-2/h8,13H,5-7H2,1-4H3,(H2,12,15);3H2,1-2H3/t8-;/m0./s1. The zero-order valence-electron chi connectivity index (χ0n) is 13.2. The maximum absolute atomic E-state index is 11.3. The summed E-state index contributed by atoms with van der Waals surface area (Å²) in [5, 5.41) is 2.80. The van der Waals surface area contributed by atoms with Gasteiger partial charge in [-0.3, -0.25) is 9.59 Å². The lowest BCUT2D eigenvalue weighted by Crippen LogP contribution is -2.39. The summed E-state index contributed by atoms with van der Waals surface area (Å²) in [6.45, 7) is 9.72. The first kappa shape index (κ1) is 20.2. The fourth-order valence-corrected chi connectivity index (χ4v) is 1.27. The number of carbonyl (C=O) groups excluding carboxylic acids is 2. The van der Waals surface area contributed by atoms with Crippen molar-refractivity contribution in [1.82, 2.24) is 5.32 Å². The van der Waals surface area contributed by atoms with E-state index in [1.165, 1.54) is 6.42 Å². The fraction of sp³-hybridized carbons (Fsp3) is 0.857. The minimum Gasteiger partial charge on any atom is -0.460 e. The van der Waals surface area contributed by atoms with Gasteiger partial charge in [0.1, 0.15) is 5.60 Å². The first-order chi connectivity index (χ1) is 8.67. The first-order valence-corrected chi connectivity index (χ1v) is 6.86. The van der Waals surface area contributed by atoms with E-state index in [4.69, 9.17) is 10.5 Å². The van der Waals surface area contributed by atoms with Crippen LogP contribution in [0.1, 0.15) is 60.3 Å². The van der Waals surface area contributed by atoms with E-state index in [9.17, 15) is 9.59 Å². The highest BCUT2D eigenvalue weighted by Gasteiger charge is 2.17. The van der Waals surface area contributed by atoms with Gasteiger partial charge in [-0.05, 0) is 40.7 Å². The lowest BCUT2D eigenvalue weighted by Gasteiger charge is -2.19. The van der Waals surface area contributed by atoms with Crippen LogP contribution in [0.15, 0.2) is 0 Å². The van der Waals surface area contributed by atoms with E-state index in [1.54, 1.807) is 7.05 Å². The molecule has 0 unspecified atom stereocenters. The van der Waals surface area contributed by atoms with E-state index >= 15 is 0 Å². The molecule has 114 valence electrons. The minimum absolute atomic E-state index is 0.244. The molecule has 3 N–H and O–H groups in total. The molecule has 0 saturated heterocycles. The third kappa shape index (κ3) is 14.8. The van der Waals surface area contributed by atoms with Gasteiger partial charge in [-0.1, -0.05) is 20.3 Å². The predicted octanol–water partition coefficient (Wildman–Crippen LogP) is 1.99. The van der Waals surface area contributed by atoms with Crippen LogP contribution in [-0.2, 0) is 14.3 Å². The van der Waals surface area contributed by atoms with Crippen LogP contribution in [0, 0.1) is 0 Å². The smallest absolute Gasteiger partial charge is 0.306 e. The molecule has 0 aromatic carbocycles. The number of esters is 1. The van der Waals surface area contributed by atoms with Gasteiger partial charge in [-0.15, -0.1) is 0 Å². The molecule has 19 heavy (non-hydrogen) atoms. The largest absolute Gasteiger partial charge is 0.460 e. The van der Waals surface area contributed by atoms with Crippen molar-refractivity contribution in [3.05, 3.63) is 0 Å². The molecule has 0 radical (unpaired) electrons. The molecule has 0 aromatic heterocycles. The number of nitrogens with two attached hydrogens (primary N) is 1. The Morgan fingerprint density at radius 3 is 2.05 bits per heavy atom. The minimum atomic E-state index is -0.455. The van der Waals surface area contributed by atoms with Gasteiger partial charge >= 0.3 is 5.97 Å². The van der Waals surface area contributed by atoms with Gasteiger partial charge in [0.25, 0.3) is 0 Å². The summed E-state index contributed by atoms with van der Waals surface area (Å²) in [7, 11) is 1.67. The molecular formula is C14H30N2O3. The molecule has 1 amide bonds. The van der Waals surface area contributed by atoms with Crippen LogP contribution in [0.2, 0.25) is 0 Å². The molecule has 0 spiro atoms. The average molecular weight is 274 g/mol. The number of hydrogen-bond acceptors (Lipinski definition) is 4. The van der Waals surface area contributed by atoms with Gasteiger partial charge in [0.2, 0.25) is 5.91 Å². The van der Waals surface area contributed by atoms with Crippen LogP contribution in [0.4, 0.5) is 0 Å². The molecule has 0 aliphatic carbocycles. The summed E-state index contributed by atoms with van der Waals surface area (Å²) >= 11 is 0. The van der Waals surface area contributed by atoms with Crippen molar-refractivity contribution in [2.24, 2.45) is 5.73 Å². The van der Waals surface area contributed by atoms with E-state index in [1.807, 2.05) is 20.8 Å². The van der Waals surface area contributed by atoms with Crippen LogP contribution in [0.5, 0.6) is 0 Å². The number of amides is 1. The Morgan fingerprint density at radius 1 is 1.26 bits per heavy atom. The molecule has 0 aromatic rings. The topological polar surface area (TPSA) is 81.4 Å². The monoisotopic (exact) mass is 274 g/mol. The normalized spacial score (nSPS) is 12.1.